The lowest BCUT2D eigenvalue weighted by Crippen LogP contribution is -2.23. The van der Waals surface area contributed by atoms with Gasteiger partial charge in [0.1, 0.15) is 12.4 Å². The van der Waals surface area contributed by atoms with E-state index < -0.39 is 9.84 Å². The van der Waals surface area contributed by atoms with Gasteiger partial charge in [0.25, 0.3) is 5.91 Å². The number of hydrogen-bond donors (Lipinski definition) is 0. The molecule has 0 spiro atoms. The van der Waals surface area contributed by atoms with E-state index in [0.717, 1.165) is 30.8 Å². The number of nitrogens with zero attached hydrogens (tertiary/aromatic N) is 2. The summed E-state index contributed by atoms with van der Waals surface area (Å²) in [5.41, 5.74) is 5.09. The summed E-state index contributed by atoms with van der Waals surface area (Å²) in [6.45, 7) is 2.78. The molecule has 0 saturated carbocycles. The summed E-state index contributed by atoms with van der Waals surface area (Å²) < 4.78 is 29.3. The van der Waals surface area contributed by atoms with E-state index in [-0.39, 0.29) is 17.4 Å². The highest BCUT2D eigenvalue weighted by Crippen LogP contribution is 2.27. The Bertz CT molecular complexity index is 1240. The second-order valence-electron chi connectivity index (χ2n) is 8.65. The standard InChI is InChI=1S/C26H28N2O4S/c1-27(2)26(29)24-14-20(15-28-16-21-6-4-5-7-22(21)17-28)10-13-25(24)32-18-19-8-11-23(12-9-19)33(3,30)31/h4-14H,15-18H2,1-3H3. The van der Waals surface area contributed by atoms with Gasteiger partial charge in [0.05, 0.1) is 10.5 Å². The predicted molar refractivity (Wildman–Crippen MR) is 128 cm³/mol. The Morgan fingerprint density at radius 2 is 1.55 bits per heavy atom. The molecule has 33 heavy (non-hydrogen) atoms. The first-order valence-electron chi connectivity index (χ1n) is 10.8. The molecule has 1 heterocycles. The minimum absolute atomic E-state index is 0.121. The molecule has 1 amide bonds. The molecule has 7 heteroatoms. The molecule has 3 aromatic carbocycles. The van der Waals surface area contributed by atoms with Gasteiger partial charge in [-0.25, -0.2) is 8.42 Å². The molecule has 3 aromatic rings. The van der Waals surface area contributed by atoms with E-state index in [0.29, 0.717) is 11.3 Å². The monoisotopic (exact) mass is 464 g/mol. The first-order valence-corrected chi connectivity index (χ1v) is 12.7. The molecule has 0 saturated heterocycles. The summed E-state index contributed by atoms with van der Waals surface area (Å²) in [7, 11) is 0.203. The minimum atomic E-state index is -3.24. The van der Waals surface area contributed by atoms with Crippen molar-refractivity contribution in [3.05, 3.63) is 94.5 Å². The van der Waals surface area contributed by atoms with Gasteiger partial charge in [-0.1, -0.05) is 42.5 Å². The van der Waals surface area contributed by atoms with Gasteiger partial charge in [-0.15, -0.1) is 0 Å². The van der Waals surface area contributed by atoms with Crippen LogP contribution in [-0.4, -0.2) is 44.5 Å². The Morgan fingerprint density at radius 1 is 0.939 bits per heavy atom. The predicted octanol–water partition coefficient (Wildman–Crippen LogP) is 3.89. The molecule has 172 valence electrons. The summed E-state index contributed by atoms with van der Waals surface area (Å²) in [6, 6.07) is 20.8. The Morgan fingerprint density at radius 3 is 2.12 bits per heavy atom. The zero-order chi connectivity index (χ0) is 23.6. The van der Waals surface area contributed by atoms with E-state index in [1.165, 1.54) is 17.4 Å². The summed E-state index contributed by atoms with van der Waals surface area (Å²) in [5.74, 6) is 0.387. The summed E-state index contributed by atoms with van der Waals surface area (Å²) in [4.78, 5) is 17.0. The average molecular weight is 465 g/mol. The van der Waals surface area contributed by atoms with Crippen LogP contribution in [0.25, 0.3) is 0 Å². The van der Waals surface area contributed by atoms with E-state index in [1.54, 1.807) is 43.3 Å². The largest absolute Gasteiger partial charge is 0.488 e. The van der Waals surface area contributed by atoms with E-state index in [9.17, 15) is 13.2 Å². The molecule has 0 aliphatic carbocycles. The van der Waals surface area contributed by atoms with Crippen molar-refractivity contribution in [2.75, 3.05) is 20.4 Å². The van der Waals surface area contributed by atoms with Gasteiger partial charge in [0.15, 0.2) is 9.84 Å². The highest BCUT2D eigenvalue weighted by Gasteiger charge is 2.20. The fourth-order valence-corrected chi connectivity index (χ4v) is 4.61. The maximum Gasteiger partial charge on any atom is 0.257 e. The van der Waals surface area contributed by atoms with Crippen LogP contribution in [0.4, 0.5) is 0 Å². The van der Waals surface area contributed by atoms with Crippen molar-refractivity contribution in [2.45, 2.75) is 31.1 Å². The van der Waals surface area contributed by atoms with Crippen molar-refractivity contribution >= 4 is 15.7 Å². The van der Waals surface area contributed by atoms with Crippen LogP contribution in [0.3, 0.4) is 0 Å². The molecular weight excluding hydrogens is 436 g/mol. The van der Waals surface area contributed by atoms with E-state index in [1.807, 2.05) is 18.2 Å². The Balaban J connectivity index is 1.50. The zero-order valence-corrected chi connectivity index (χ0v) is 19.9. The third-order valence-corrected chi connectivity index (χ3v) is 6.87. The summed E-state index contributed by atoms with van der Waals surface area (Å²) >= 11 is 0. The van der Waals surface area contributed by atoms with Gasteiger partial charge in [-0.05, 0) is 46.5 Å². The van der Waals surface area contributed by atoms with E-state index in [2.05, 4.69) is 29.2 Å². The van der Waals surface area contributed by atoms with Crippen LogP contribution in [0.5, 0.6) is 5.75 Å². The van der Waals surface area contributed by atoms with Crippen LogP contribution >= 0.6 is 0 Å². The average Bonchev–Trinajstić information content (AvgIpc) is 3.19. The highest BCUT2D eigenvalue weighted by molar-refractivity contribution is 7.90. The molecule has 6 nitrogen and oxygen atoms in total. The van der Waals surface area contributed by atoms with E-state index in [4.69, 9.17) is 4.74 Å². The number of hydrogen-bond acceptors (Lipinski definition) is 5. The fourth-order valence-electron chi connectivity index (χ4n) is 3.98. The number of amides is 1. The third-order valence-electron chi connectivity index (χ3n) is 5.74. The molecular formula is C26H28N2O4S. The molecule has 1 aliphatic heterocycles. The number of fused-ring (bicyclic) bond motifs is 1. The van der Waals surface area contributed by atoms with Crippen molar-refractivity contribution in [1.29, 1.82) is 0 Å². The normalized spacial score (nSPS) is 13.5. The lowest BCUT2D eigenvalue weighted by molar-refractivity contribution is 0.0822. The number of benzene rings is 3. The van der Waals surface area contributed by atoms with Crippen molar-refractivity contribution < 1.29 is 17.9 Å². The van der Waals surface area contributed by atoms with Gasteiger partial charge in [0, 0.05) is 40.0 Å². The first kappa shape index (κ1) is 23.0. The van der Waals surface area contributed by atoms with Crippen molar-refractivity contribution in [1.82, 2.24) is 9.80 Å². The lowest BCUT2D eigenvalue weighted by Gasteiger charge is -2.19. The lowest BCUT2D eigenvalue weighted by atomic mass is 10.1. The first-order chi connectivity index (χ1) is 15.7. The zero-order valence-electron chi connectivity index (χ0n) is 19.1. The van der Waals surface area contributed by atoms with Gasteiger partial charge in [0.2, 0.25) is 0 Å². The Kier molecular flexibility index (Phi) is 6.54. The van der Waals surface area contributed by atoms with Crippen LogP contribution in [-0.2, 0) is 36.1 Å². The van der Waals surface area contributed by atoms with Crippen LogP contribution in [0.1, 0.15) is 32.6 Å². The molecule has 1 aliphatic rings. The molecule has 0 aromatic heterocycles. The SMILES string of the molecule is CN(C)C(=O)c1cc(CN2Cc3ccccc3C2)ccc1OCc1ccc(S(C)(=O)=O)cc1. The third kappa shape index (κ3) is 5.43. The Hall–Kier alpha value is -3.16. The second kappa shape index (κ2) is 9.37. The number of rotatable bonds is 7. The Labute approximate surface area is 195 Å². The summed E-state index contributed by atoms with van der Waals surface area (Å²) in [5, 5.41) is 0. The van der Waals surface area contributed by atoms with Crippen LogP contribution in [0, 0.1) is 0 Å². The van der Waals surface area contributed by atoms with Crippen LogP contribution < -0.4 is 4.74 Å². The summed E-state index contributed by atoms with van der Waals surface area (Å²) in [6.07, 6.45) is 1.18. The van der Waals surface area contributed by atoms with Gasteiger partial charge in [-0.2, -0.15) is 0 Å². The molecule has 0 N–H and O–H groups in total. The van der Waals surface area contributed by atoms with Crippen molar-refractivity contribution in [3.63, 3.8) is 0 Å². The van der Waals surface area contributed by atoms with Crippen LogP contribution in [0.15, 0.2) is 71.6 Å². The topological polar surface area (TPSA) is 66.9 Å². The molecule has 0 unspecified atom stereocenters. The number of sulfone groups is 1. The quantitative estimate of drug-likeness (QED) is 0.531. The van der Waals surface area contributed by atoms with Crippen molar-refractivity contribution in [2.24, 2.45) is 0 Å². The maximum atomic E-state index is 12.9. The smallest absolute Gasteiger partial charge is 0.257 e. The van der Waals surface area contributed by atoms with Crippen LogP contribution in [0.2, 0.25) is 0 Å². The molecule has 0 radical (unpaired) electrons. The fraction of sp³-hybridized carbons (Fsp3) is 0.269. The highest BCUT2D eigenvalue weighted by atomic mass is 32.2. The van der Waals surface area contributed by atoms with Gasteiger partial charge in [-0.3, -0.25) is 9.69 Å². The minimum Gasteiger partial charge on any atom is -0.488 e. The second-order valence-corrected chi connectivity index (χ2v) is 10.7. The number of carbonyl (C=O) groups is 1. The van der Waals surface area contributed by atoms with Gasteiger partial charge >= 0.3 is 0 Å². The van der Waals surface area contributed by atoms with Crippen molar-refractivity contribution in [3.8, 4) is 5.75 Å². The number of carbonyl (C=O) groups excluding carboxylic acids is 1. The molecule has 0 atom stereocenters. The molecule has 4 rings (SSSR count). The molecule has 0 fully saturated rings. The molecule has 0 bridgehead atoms. The van der Waals surface area contributed by atoms with Gasteiger partial charge < -0.3 is 9.64 Å². The van der Waals surface area contributed by atoms with E-state index >= 15 is 0 Å². The maximum absolute atomic E-state index is 12.9. The number of ether oxygens (including phenoxy) is 1.